The molecule has 1 aromatic rings. The number of aromatic nitrogens is 2. The number of H-pyrrole nitrogens is 1. The molecule has 21 heavy (non-hydrogen) atoms. The molecule has 0 unspecified atom stereocenters. The molecule has 1 saturated heterocycles. The van der Waals surface area contributed by atoms with Crippen LogP contribution in [0.5, 0.6) is 0 Å². The van der Waals surface area contributed by atoms with Crippen LogP contribution in [0.4, 0.5) is 5.82 Å². The first-order valence-electron chi connectivity index (χ1n) is 7.19. The summed E-state index contributed by atoms with van der Waals surface area (Å²) in [6.45, 7) is 7.14. The largest absolute Gasteiger partial charge is 0.381 e. The Morgan fingerprint density at radius 1 is 1.48 bits per heavy atom. The molecule has 0 spiro atoms. The van der Waals surface area contributed by atoms with E-state index in [0.717, 1.165) is 32.6 Å². The summed E-state index contributed by atoms with van der Waals surface area (Å²) in [6, 6.07) is 0.446. The van der Waals surface area contributed by atoms with Gasteiger partial charge in [-0.25, -0.2) is 0 Å². The standard InChI is InChI=1S/C13H23ClN6O/c1-9(20-7-5-19(2)6-8-20)3-4-16-13(21)11-10(14)12(15)18-17-11/h9H,3-8H2,1-2H3,(H,16,21)(H3,15,17,18)/t9-/m0/s1. The third-order valence-electron chi connectivity index (χ3n) is 3.97. The number of hydrogen-bond donors (Lipinski definition) is 3. The summed E-state index contributed by atoms with van der Waals surface area (Å²) in [5.41, 5.74) is 5.72. The molecule has 118 valence electrons. The number of nitrogens with one attached hydrogen (secondary N) is 2. The molecule has 0 aliphatic carbocycles. The lowest BCUT2D eigenvalue weighted by Crippen LogP contribution is -2.48. The van der Waals surface area contributed by atoms with Gasteiger partial charge in [-0.15, -0.1) is 0 Å². The van der Waals surface area contributed by atoms with Crippen LogP contribution in [0.15, 0.2) is 0 Å². The number of halogens is 1. The number of carbonyl (C=O) groups excluding carboxylic acids is 1. The van der Waals surface area contributed by atoms with Crippen LogP contribution in [-0.2, 0) is 0 Å². The highest BCUT2D eigenvalue weighted by Crippen LogP contribution is 2.19. The van der Waals surface area contributed by atoms with Gasteiger partial charge in [0.15, 0.2) is 5.82 Å². The molecule has 2 heterocycles. The van der Waals surface area contributed by atoms with E-state index in [-0.39, 0.29) is 22.4 Å². The van der Waals surface area contributed by atoms with Crippen molar-refractivity contribution in [2.75, 3.05) is 45.5 Å². The Labute approximate surface area is 129 Å². The van der Waals surface area contributed by atoms with E-state index >= 15 is 0 Å². The van der Waals surface area contributed by atoms with Gasteiger partial charge in [0.25, 0.3) is 5.91 Å². The van der Waals surface area contributed by atoms with E-state index in [9.17, 15) is 4.79 Å². The van der Waals surface area contributed by atoms with Gasteiger partial charge in [0, 0.05) is 38.8 Å². The fourth-order valence-electron chi connectivity index (χ4n) is 2.42. The summed E-state index contributed by atoms with van der Waals surface area (Å²) in [7, 11) is 2.14. The van der Waals surface area contributed by atoms with E-state index in [1.807, 2.05) is 0 Å². The molecule has 0 saturated carbocycles. The number of likely N-dealkylation sites (N-methyl/N-ethyl adjacent to an activating group) is 1. The minimum atomic E-state index is -0.269. The lowest BCUT2D eigenvalue weighted by Gasteiger charge is -2.36. The average Bonchev–Trinajstić information content (AvgIpc) is 2.79. The predicted octanol–water partition coefficient (Wildman–Crippen LogP) is 0.401. The highest BCUT2D eigenvalue weighted by atomic mass is 35.5. The van der Waals surface area contributed by atoms with Crippen molar-refractivity contribution in [3.8, 4) is 0 Å². The van der Waals surface area contributed by atoms with Gasteiger partial charge in [-0.1, -0.05) is 11.6 Å². The quantitative estimate of drug-likeness (QED) is 0.732. The van der Waals surface area contributed by atoms with Crippen LogP contribution in [0.3, 0.4) is 0 Å². The number of carbonyl (C=O) groups is 1. The van der Waals surface area contributed by atoms with Crippen LogP contribution in [0.1, 0.15) is 23.8 Å². The summed E-state index contributed by atoms with van der Waals surface area (Å²) in [6.07, 6.45) is 0.899. The van der Waals surface area contributed by atoms with E-state index in [1.165, 1.54) is 0 Å². The first kappa shape index (κ1) is 16.1. The summed E-state index contributed by atoms with van der Waals surface area (Å²) in [5.74, 6) is -0.123. The molecule has 2 rings (SSSR count). The maximum atomic E-state index is 11.9. The maximum absolute atomic E-state index is 11.9. The van der Waals surface area contributed by atoms with E-state index in [0.29, 0.717) is 12.6 Å². The Morgan fingerprint density at radius 2 is 2.14 bits per heavy atom. The lowest BCUT2D eigenvalue weighted by molar-refractivity contribution is 0.0930. The molecule has 4 N–H and O–H groups in total. The smallest absolute Gasteiger partial charge is 0.270 e. The number of amides is 1. The molecule has 1 aromatic heterocycles. The Morgan fingerprint density at radius 3 is 2.71 bits per heavy atom. The van der Waals surface area contributed by atoms with Gasteiger partial charge in [0.1, 0.15) is 10.7 Å². The zero-order chi connectivity index (χ0) is 15.4. The molecular weight excluding hydrogens is 292 g/mol. The Bertz CT molecular complexity index is 483. The van der Waals surface area contributed by atoms with Crippen molar-refractivity contribution in [3.05, 3.63) is 10.7 Å². The Kier molecular flexibility index (Phi) is 5.44. The number of rotatable bonds is 5. The topological polar surface area (TPSA) is 90.3 Å². The molecule has 8 heteroatoms. The summed E-state index contributed by atoms with van der Waals surface area (Å²) in [4.78, 5) is 16.7. The third kappa shape index (κ3) is 4.09. The molecular formula is C13H23ClN6O. The monoisotopic (exact) mass is 314 g/mol. The molecule has 1 fully saturated rings. The maximum Gasteiger partial charge on any atom is 0.270 e. The van der Waals surface area contributed by atoms with Crippen LogP contribution in [0, 0.1) is 0 Å². The minimum Gasteiger partial charge on any atom is -0.381 e. The number of piperazine rings is 1. The van der Waals surface area contributed by atoms with Crippen molar-refractivity contribution >= 4 is 23.3 Å². The Hall–Kier alpha value is -1.31. The van der Waals surface area contributed by atoms with Gasteiger partial charge in [-0.3, -0.25) is 14.8 Å². The number of nitrogens with two attached hydrogens (primary N) is 1. The number of anilines is 1. The Balaban J connectivity index is 1.74. The van der Waals surface area contributed by atoms with Gasteiger partial charge < -0.3 is 16.0 Å². The predicted molar refractivity (Wildman–Crippen MR) is 83.5 cm³/mol. The van der Waals surface area contributed by atoms with Crippen molar-refractivity contribution < 1.29 is 4.79 Å². The molecule has 1 aliphatic heterocycles. The molecule has 0 bridgehead atoms. The number of nitrogens with zero attached hydrogens (tertiary/aromatic N) is 3. The second-order valence-electron chi connectivity index (χ2n) is 5.53. The van der Waals surface area contributed by atoms with Crippen LogP contribution < -0.4 is 11.1 Å². The number of aromatic amines is 1. The van der Waals surface area contributed by atoms with E-state index in [1.54, 1.807) is 0 Å². The van der Waals surface area contributed by atoms with Crippen molar-refractivity contribution in [2.24, 2.45) is 0 Å². The van der Waals surface area contributed by atoms with Gasteiger partial charge >= 0.3 is 0 Å². The molecule has 1 aliphatic rings. The van der Waals surface area contributed by atoms with Crippen LogP contribution >= 0.6 is 11.6 Å². The molecule has 7 nitrogen and oxygen atoms in total. The van der Waals surface area contributed by atoms with Crippen molar-refractivity contribution in [1.82, 2.24) is 25.3 Å². The molecule has 1 amide bonds. The zero-order valence-electron chi connectivity index (χ0n) is 12.5. The normalized spacial score (nSPS) is 18.6. The molecule has 0 aromatic carbocycles. The summed E-state index contributed by atoms with van der Waals surface area (Å²) < 4.78 is 0. The van der Waals surface area contributed by atoms with Crippen molar-refractivity contribution in [1.29, 1.82) is 0 Å². The molecule has 0 radical (unpaired) electrons. The second kappa shape index (κ2) is 7.11. The molecule has 1 atom stereocenters. The van der Waals surface area contributed by atoms with E-state index in [4.69, 9.17) is 17.3 Å². The fraction of sp³-hybridized carbons (Fsp3) is 0.692. The van der Waals surface area contributed by atoms with Crippen molar-refractivity contribution in [3.63, 3.8) is 0 Å². The van der Waals surface area contributed by atoms with Gasteiger partial charge in [-0.2, -0.15) is 5.10 Å². The SMILES string of the molecule is C[C@@H](CCNC(=O)c1[nH]nc(N)c1Cl)N1CCN(C)CC1. The highest BCUT2D eigenvalue weighted by Gasteiger charge is 2.20. The lowest BCUT2D eigenvalue weighted by atomic mass is 10.1. The third-order valence-corrected chi connectivity index (χ3v) is 4.35. The fourth-order valence-corrected chi connectivity index (χ4v) is 2.59. The summed E-state index contributed by atoms with van der Waals surface area (Å²) in [5, 5.41) is 9.28. The van der Waals surface area contributed by atoms with Gasteiger partial charge in [0.05, 0.1) is 0 Å². The van der Waals surface area contributed by atoms with Crippen LogP contribution in [-0.4, -0.2) is 71.7 Å². The van der Waals surface area contributed by atoms with E-state index < -0.39 is 0 Å². The van der Waals surface area contributed by atoms with Gasteiger partial charge in [0.2, 0.25) is 0 Å². The zero-order valence-corrected chi connectivity index (χ0v) is 13.3. The first-order valence-corrected chi connectivity index (χ1v) is 7.57. The average molecular weight is 315 g/mol. The number of hydrogen-bond acceptors (Lipinski definition) is 5. The first-order chi connectivity index (χ1) is 9.99. The minimum absolute atomic E-state index is 0.146. The van der Waals surface area contributed by atoms with Crippen molar-refractivity contribution in [2.45, 2.75) is 19.4 Å². The van der Waals surface area contributed by atoms with Crippen LogP contribution in [0.25, 0.3) is 0 Å². The van der Waals surface area contributed by atoms with E-state index in [2.05, 4.69) is 39.3 Å². The summed E-state index contributed by atoms with van der Waals surface area (Å²) >= 11 is 5.89. The van der Waals surface area contributed by atoms with Crippen LogP contribution in [0.2, 0.25) is 5.02 Å². The van der Waals surface area contributed by atoms with Gasteiger partial charge in [-0.05, 0) is 20.4 Å². The highest BCUT2D eigenvalue weighted by molar-refractivity contribution is 6.35. The number of nitrogen functional groups attached to an aromatic ring is 1. The second-order valence-corrected chi connectivity index (χ2v) is 5.91.